The summed E-state index contributed by atoms with van der Waals surface area (Å²) in [5, 5.41) is 9.43. The Labute approximate surface area is 125 Å². The second-order valence-electron chi connectivity index (χ2n) is 5.91. The van der Waals surface area contributed by atoms with E-state index < -0.39 is 29.4 Å². The third kappa shape index (κ3) is 5.42. The van der Waals surface area contributed by atoms with Crippen LogP contribution in [0.3, 0.4) is 0 Å². The number of carboxylic acids is 1. The van der Waals surface area contributed by atoms with Crippen LogP contribution in [-0.4, -0.2) is 22.6 Å². The first-order valence-corrected chi connectivity index (χ1v) is 6.86. The zero-order valence-corrected chi connectivity index (χ0v) is 12.7. The van der Waals surface area contributed by atoms with Crippen molar-refractivity contribution in [3.05, 3.63) is 48.6 Å². The Hall–Kier alpha value is -2.10. The fourth-order valence-corrected chi connectivity index (χ4v) is 2.14. The van der Waals surface area contributed by atoms with Gasteiger partial charge in [0.15, 0.2) is 0 Å². The van der Waals surface area contributed by atoms with Crippen molar-refractivity contribution in [3.63, 3.8) is 0 Å². The van der Waals surface area contributed by atoms with Crippen LogP contribution in [0.1, 0.15) is 38.7 Å². The number of carbonyl (C=O) groups excluding carboxylic acids is 1. The topological polar surface area (TPSA) is 63.6 Å². The molecule has 2 atom stereocenters. The van der Waals surface area contributed by atoms with E-state index in [4.69, 9.17) is 4.74 Å². The van der Waals surface area contributed by atoms with E-state index in [2.05, 4.69) is 6.58 Å². The summed E-state index contributed by atoms with van der Waals surface area (Å²) in [6.07, 6.45) is 1.39. The van der Waals surface area contributed by atoms with Crippen LogP contribution >= 0.6 is 0 Å². The molecule has 21 heavy (non-hydrogen) atoms. The molecule has 0 amide bonds. The minimum Gasteiger partial charge on any atom is -0.481 e. The van der Waals surface area contributed by atoms with Crippen molar-refractivity contribution >= 4 is 11.9 Å². The van der Waals surface area contributed by atoms with Gasteiger partial charge in [0.1, 0.15) is 5.60 Å². The van der Waals surface area contributed by atoms with Crippen LogP contribution in [0.15, 0.2) is 43.0 Å². The van der Waals surface area contributed by atoms with Crippen LogP contribution in [-0.2, 0) is 14.3 Å². The van der Waals surface area contributed by atoms with E-state index in [1.54, 1.807) is 26.8 Å². The molecule has 114 valence electrons. The summed E-state index contributed by atoms with van der Waals surface area (Å²) in [5.41, 5.74) is 0.194. The lowest BCUT2D eigenvalue weighted by molar-refractivity contribution is -0.160. The van der Waals surface area contributed by atoms with Crippen molar-refractivity contribution in [1.82, 2.24) is 0 Å². The van der Waals surface area contributed by atoms with Crippen LogP contribution in [0.4, 0.5) is 0 Å². The van der Waals surface area contributed by atoms with E-state index >= 15 is 0 Å². The van der Waals surface area contributed by atoms with Crippen LogP contribution in [0.5, 0.6) is 0 Å². The summed E-state index contributed by atoms with van der Waals surface area (Å²) >= 11 is 0. The number of hydrogen-bond acceptors (Lipinski definition) is 3. The Balaban J connectivity index is 2.93. The normalized spacial score (nSPS) is 14.0. The number of carbonyl (C=O) groups is 2. The maximum atomic E-state index is 11.9. The molecule has 0 saturated heterocycles. The van der Waals surface area contributed by atoms with E-state index in [1.165, 1.54) is 0 Å². The van der Waals surface area contributed by atoms with E-state index in [0.717, 1.165) is 5.56 Å². The molecule has 0 spiro atoms. The molecule has 0 saturated carbocycles. The Bertz CT molecular complexity index is 499. The molecule has 4 heteroatoms. The summed E-state index contributed by atoms with van der Waals surface area (Å²) in [6.45, 7) is 8.97. The highest BCUT2D eigenvalue weighted by molar-refractivity contribution is 5.80. The van der Waals surface area contributed by atoms with Gasteiger partial charge in [-0.2, -0.15) is 0 Å². The van der Waals surface area contributed by atoms with Gasteiger partial charge in [-0.3, -0.25) is 9.59 Å². The number of benzene rings is 1. The minimum absolute atomic E-state index is 0.182. The fraction of sp³-hybridized carbons (Fsp3) is 0.412. The molecule has 0 bridgehead atoms. The molecular weight excluding hydrogens is 268 g/mol. The molecule has 0 radical (unpaired) electrons. The summed E-state index contributed by atoms with van der Waals surface area (Å²) in [7, 11) is 0. The lowest BCUT2D eigenvalue weighted by atomic mass is 9.84. The van der Waals surface area contributed by atoms with Crippen LogP contribution in [0, 0.1) is 5.92 Å². The van der Waals surface area contributed by atoms with Crippen molar-refractivity contribution in [3.8, 4) is 0 Å². The zero-order chi connectivity index (χ0) is 16.0. The molecule has 0 fully saturated rings. The van der Waals surface area contributed by atoms with Gasteiger partial charge in [0.2, 0.25) is 0 Å². The van der Waals surface area contributed by atoms with Crippen molar-refractivity contribution in [1.29, 1.82) is 0 Å². The molecule has 0 aromatic heterocycles. The molecule has 0 aliphatic carbocycles. The van der Waals surface area contributed by atoms with E-state index in [9.17, 15) is 14.7 Å². The van der Waals surface area contributed by atoms with Crippen molar-refractivity contribution in [2.24, 2.45) is 5.92 Å². The number of ether oxygens (including phenoxy) is 1. The first kappa shape index (κ1) is 17.0. The van der Waals surface area contributed by atoms with Gasteiger partial charge in [0, 0.05) is 5.92 Å². The second-order valence-corrected chi connectivity index (χ2v) is 5.91. The largest absolute Gasteiger partial charge is 0.481 e. The number of carboxylic acid groups (broad SMARTS) is 1. The quantitative estimate of drug-likeness (QED) is 0.644. The summed E-state index contributed by atoms with van der Waals surface area (Å²) in [4.78, 5) is 23.4. The smallest absolute Gasteiger partial charge is 0.308 e. The molecule has 0 unspecified atom stereocenters. The number of allylic oxidation sites excluding steroid dienone is 1. The minimum atomic E-state index is -1.03. The summed E-state index contributed by atoms with van der Waals surface area (Å²) in [5.74, 6) is -2.87. The highest BCUT2D eigenvalue weighted by Gasteiger charge is 2.31. The SMILES string of the molecule is C=C[C@H](c1ccccc1)[C@@H](CC(=O)OC(C)(C)C)C(=O)O. The predicted molar refractivity (Wildman–Crippen MR) is 81.0 cm³/mol. The van der Waals surface area contributed by atoms with Gasteiger partial charge < -0.3 is 9.84 Å². The molecule has 1 rings (SSSR count). The van der Waals surface area contributed by atoms with Crippen molar-refractivity contribution in [2.75, 3.05) is 0 Å². The first-order chi connectivity index (χ1) is 9.74. The predicted octanol–water partition coefficient (Wildman–Crippen LogP) is 3.39. The molecule has 0 heterocycles. The third-order valence-corrected chi connectivity index (χ3v) is 3.00. The van der Waals surface area contributed by atoms with Crippen molar-refractivity contribution < 1.29 is 19.4 Å². The Morgan fingerprint density at radius 1 is 1.29 bits per heavy atom. The lowest BCUT2D eigenvalue weighted by Crippen LogP contribution is -2.29. The van der Waals surface area contributed by atoms with Gasteiger partial charge in [-0.15, -0.1) is 6.58 Å². The van der Waals surface area contributed by atoms with Crippen LogP contribution in [0.2, 0.25) is 0 Å². The highest BCUT2D eigenvalue weighted by atomic mass is 16.6. The number of aliphatic carboxylic acids is 1. The molecular formula is C17H22O4. The van der Waals surface area contributed by atoms with Gasteiger partial charge in [-0.05, 0) is 26.3 Å². The van der Waals surface area contributed by atoms with Crippen LogP contribution < -0.4 is 0 Å². The van der Waals surface area contributed by atoms with E-state index in [-0.39, 0.29) is 6.42 Å². The molecule has 0 aliphatic rings. The third-order valence-electron chi connectivity index (χ3n) is 3.00. The Morgan fingerprint density at radius 3 is 2.29 bits per heavy atom. The van der Waals surface area contributed by atoms with Crippen LogP contribution in [0.25, 0.3) is 0 Å². The van der Waals surface area contributed by atoms with Gasteiger partial charge in [0.25, 0.3) is 0 Å². The monoisotopic (exact) mass is 290 g/mol. The van der Waals surface area contributed by atoms with Gasteiger partial charge in [-0.25, -0.2) is 0 Å². The van der Waals surface area contributed by atoms with Gasteiger partial charge >= 0.3 is 11.9 Å². The van der Waals surface area contributed by atoms with E-state index in [0.29, 0.717) is 0 Å². The van der Waals surface area contributed by atoms with Gasteiger partial charge in [-0.1, -0.05) is 36.4 Å². The molecule has 4 nitrogen and oxygen atoms in total. The fourth-order valence-electron chi connectivity index (χ4n) is 2.14. The number of esters is 1. The van der Waals surface area contributed by atoms with E-state index in [1.807, 2.05) is 30.3 Å². The first-order valence-electron chi connectivity index (χ1n) is 6.86. The standard InChI is InChI=1S/C17H22O4/c1-5-13(12-9-7-6-8-10-12)14(16(19)20)11-15(18)21-17(2,3)4/h5-10,13-14H,1,11H2,2-4H3,(H,19,20)/t13-,14-/m1/s1. The van der Waals surface area contributed by atoms with Crippen molar-refractivity contribution in [2.45, 2.75) is 38.7 Å². The van der Waals surface area contributed by atoms with Gasteiger partial charge in [0.05, 0.1) is 12.3 Å². The Morgan fingerprint density at radius 2 is 1.86 bits per heavy atom. The number of hydrogen-bond donors (Lipinski definition) is 1. The zero-order valence-electron chi connectivity index (χ0n) is 12.7. The molecule has 1 aromatic carbocycles. The average molecular weight is 290 g/mol. The Kier molecular flexibility index (Phi) is 5.70. The highest BCUT2D eigenvalue weighted by Crippen LogP contribution is 2.29. The second kappa shape index (κ2) is 7.07. The maximum absolute atomic E-state index is 11.9. The molecule has 0 aliphatic heterocycles. The summed E-state index contributed by atoms with van der Waals surface area (Å²) in [6, 6.07) is 9.18. The molecule has 1 N–H and O–H groups in total. The summed E-state index contributed by atoms with van der Waals surface area (Å²) < 4.78 is 5.21. The lowest BCUT2D eigenvalue weighted by Gasteiger charge is -2.24. The maximum Gasteiger partial charge on any atom is 0.308 e. The average Bonchev–Trinajstić information content (AvgIpc) is 2.37. The molecule has 1 aromatic rings. The number of rotatable bonds is 6.